The molecular weight excluding hydrogens is 188 g/mol. The van der Waals surface area contributed by atoms with E-state index in [1.165, 1.54) is 5.56 Å². The van der Waals surface area contributed by atoms with Gasteiger partial charge in [-0.3, -0.25) is 10.2 Å². The number of Topliss-reactive ketones (excluding diaryl/α,β-unsaturated/α-hetero) is 1. The molecule has 3 nitrogen and oxygen atoms in total. The van der Waals surface area contributed by atoms with Crippen molar-refractivity contribution in [2.75, 3.05) is 7.05 Å². The second kappa shape index (κ2) is 6.32. The summed E-state index contributed by atoms with van der Waals surface area (Å²) in [5, 5.41) is 0. The maximum atomic E-state index is 11.6. The molecule has 0 aliphatic carbocycles. The van der Waals surface area contributed by atoms with E-state index in [9.17, 15) is 4.79 Å². The molecule has 15 heavy (non-hydrogen) atoms. The van der Waals surface area contributed by atoms with Gasteiger partial charge in [0.2, 0.25) is 0 Å². The van der Waals surface area contributed by atoms with Crippen LogP contribution in [0, 0.1) is 0 Å². The monoisotopic (exact) mass is 206 g/mol. The molecule has 1 aromatic carbocycles. The van der Waals surface area contributed by atoms with Crippen molar-refractivity contribution in [3.63, 3.8) is 0 Å². The first-order valence-electron chi connectivity index (χ1n) is 5.26. The Hall–Kier alpha value is -1.19. The van der Waals surface area contributed by atoms with Crippen molar-refractivity contribution in [1.29, 1.82) is 0 Å². The van der Waals surface area contributed by atoms with Crippen LogP contribution < -0.4 is 10.9 Å². The third-order valence-corrected chi connectivity index (χ3v) is 2.34. The molecule has 3 heteroatoms. The van der Waals surface area contributed by atoms with E-state index in [1.54, 1.807) is 7.05 Å². The standard InChI is InChI=1S/C12H18N2O/c1-3-12(15)11(14-13-2)9-10-7-5-4-6-8-10/h4-8,11,13-14H,3,9H2,1-2H3. The summed E-state index contributed by atoms with van der Waals surface area (Å²) in [5.41, 5.74) is 6.99. The fourth-order valence-electron chi connectivity index (χ4n) is 1.52. The van der Waals surface area contributed by atoms with Gasteiger partial charge in [-0.05, 0) is 19.0 Å². The van der Waals surface area contributed by atoms with E-state index in [0.717, 1.165) is 6.42 Å². The van der Waals surface area contributed by atoms with Gasteiger partial charge in [-0.15, -0.1) is 0 Å². The molecule has 0 saturated carbocycles. The third kappa shape index (κ3) is 3.81. The zero-order valence-electron chi connectivity index (χ0n) is 9.29. The molecule has 1 rings (SSSR count). The Bertz CT molecular complexity index is 298. The summed E-state index contributed by atoms with van der Waals surface area (Å²) in [4.78, 5) is 11.6. The summed E-state index contributed by atoms with van der Waals surface area (Å²) in [5.74, 6) is 0.230. The Kier molecular flexibility index (Phi) is 5.01. The molecule has 0 spiro atoms. The lowest BCUT2D eigenvalue weighted by Crippen LogP contribution is -2.44. The molecule has 82 valence electrons. The molecule has 0 radical (unpaired) electrons. The molecular formula is C12H18N2O. The van der Waals surface area contributed by atoms with Crippen LogP contribution in [0.25, 0.3) is 0 Å². The van der Waals surface area contributed by atoms with Gasteiger partial charge in [0.05, 0.1) is 6.04 Å². The first-order valence-corrected chi connectivity index (χ1v) is 5.26. The smallest absolute Gasteiger partial charge is 0.151 e. The van der Waals surface area contributed by atoms with Gasteiger partial charge in [-0.1, -0.05) is 37.3 Å². The lowest BCUT2D eigenvalue weighted by atomic mass is 10.0. The number of rotatable bonds is 6. The zero-order valence-corrected chi connectivity index (χ0v) is 9.29. The highest BCUT2D eigenvalue weighted by Gasteiger charge is 2.15. The minimum absolute atomic E-state index is 0.137. The number of benzene rings is 1. The summed E-state index contributed by atoms with van der Waals surface area (Å²) in [6.45, 7) is 1.89. The molecule has 0 bridgehead atoms. The molecule has 1 aromatic rings. The molecule has 0 saturated heterocycles. The van der Waals surface area contributed by atoms with E-state index in [2.05, 4.69) is 10.9 Å². The van der Waals surface area contributed by atoms with Gasteiger partial charge in [0, 0.05) is 6.42 Å². The number of carbonyl (C=O) groups excluding carboxylic acids is 1. The molecule has 0 aromatic heterocycles. The van der Waals surface area contributed by atoms with Gasteiger partial charge in [-0.25, -0.2) is 5.43 Å². The van der Waals surface area contributed by atoms with Gasteiger partial charge < -0.3 is 0 Å². The number of hydrogen-bond donors (Lipinski definition) is 2. The minimum atomic E-state index is -0.137. The Labute approximate surface area is 90.9 Å². The van der Waals surface area contributed by atoms with Crippen molar-refractivity contribution in [3.05, 3.63) is 35.9 Å². The second-order valence-electron chi connectivity index (χ2n) is 3.46. The van der Waals surface area contributed by atoms with Crippen LogP contribution in [0.2, 0.25) is 0 Å². The van der Waals surface area contributed by atoms with E-state index in [-0.39, 0.29) is 11.8 Å². The van der Waals surface area contributed by atoms with Crippen LogP contribution in [0.15, 0.2) is 30.3 Å². The van der Waals surface area contributed by atoms with Gasteiger partial charge in [0.1, 0.15) is 0 Å². The van der Waals surface area contributed by atoms with Crippen molar-refractivity contribution in [3.8, 4) is 0 Å². The molecule has 0 amide bonds. The summed E-state index contributed by atoms with van der Waals surface area (Å²) < 4.78 is 0. The molecule has 0 aliphatic rings. The van der Waals surface area contributed by atoms with Crippen LogP contribution in [-0.2, 0) is 11.2 Å². The largest absolute Gasteiger partial charge is 0.298 e. The van der Waals surface area contributed by atoms with E-state index >= 15 is 0 Å². The minimum Gasteiger partial charge on any atom is -0.298 e. The Morgan fingerprint density at radius 3 is 2.53 bits per heavy atom. The predicted octanol–water partition coefficient (Wildman–Crippen LogP) is 1.30. The highest BCUT2D eigenvalue weighted by Crippen LogP contribution is 2.04. The van der Waals surface area contributed by atoms with E-state index in [4.69, 9.17) is 0 Å². The van der Waals surface area contributed by atoms with Crippen LogP contribution in [-0.4, -0.2) is 18.9 Å². The number of carbonyl (C=O) groups is 1. The Balaban J connectivity index is 2.62. The Morgan fingerprint density at radius 2 is 2.00 bits per heavy atom. The van der Waals surface area contributed by atoms with Gasteiger partial charge in [-0.2, -0.15) is 0 Å². The summed E-state index contributed by atoms with van der Waals surface area (Å²) in [6.07, 6.45) is 1.29. The van der Waals surface area contributed by atoms with Gasteiger partial charge >= 0.3 is 0 Å². The van der Waals surface area contributed by atoms with Crippen molar-refractivity contribution in [2.45, 2.75) is 25.8 Å². The number of ketones is 1. The number of hydrogen-bond acceptors (Lipinski definition) is 3. The lowest BCUT2D eigenvalue weighted by molar-refractivity contribution is -0.121. The molecule has 0 fully saturated rings. The van der Waals surface area contributed by atoms with E-state index in [1.807, 2.05) is 37.3 Å². The van der Waals surface area contributed by atoms with E-state index in [0.29, 0.717) is 6.42 Å². The highest BCUT2D eigenvalue weighted by molar-refractivity contribution is 5.83. The first kappa shape index (κ1) is 11.9. The number of nitrogens with one attached hydrogen (secondary N) is 2. The maximum Gasteiger partial charge on any atom is 0.151 e. The normalized spacial score (nSPS) is 12.4. The lowest BCUT2D eigenvalue weighted by Gasteiger charge is -2.16. The number of hydrazine groups is 1. The average molecular weight is 206 g/mol. The summed E-state index contributed by atoms with van der Waals surface area (Å²) in [7, 11) is 1.78. The van der Waals surface area contributed by atoms with Crippen LogP contribution in [0.5, 0.6) is 0 Å². The predicted molar refractivity (Wildman–Crippen MR) is 61.4 cm³/mol. The van der Waals surface area contributed by atoms with Crippen molar-refractivity contribution < 1.29 is 4.79 Å². The van der Waals surface area contributed by atoms with Crippen molar-refractivity contribution in [2.24, 2.45) is 0 Å². The molecule has 0 aliphatic heterocycles. The summed E-state index contributed by atoms with van der Waals surface area (Å²) >= 11 is 0. The fraction of sp³-hybridized carbons (Fsp3) is 0.417. The highest BCUT2D eigenvalue weighted by atomic mass is 16.1. The van der Waals surface area contributed by atoms with Crippen LogP contribution in [0.4, 0.5) is 0 Å². The quantitative estimate of drug-likeness (QED) is 0.689. The van der Waals surface area contributed by atoms with Gasteiger partial charge in [0.15, 0.2) is 5.78 Å². The second-order valence-corrected chi connectivity index (χ2v) is 3.46. The third-order valence-electron chi connectivity index (χ3n) is 2.34. The molecule has 2 N–H and O–H groups in total. The molecule has 1 unspecified atom stereocenters. The van der Waals surface area contributed by atoms with Gasteiger partial charge in [0.25, 0.3) is 0 Å². The SMILES string of the molecule is CCC(=O)C(Cc1ccccc1)NNC. The fourth-order valence-corrected chi connectivity index (χ4v) is 1.52. The first-order chi connectivity index (χ1) is 7.27. The van der Waals surface area contributed by atoms with Crippen molar-refractivity contribution >= 4 is 5.78 Å². The van der Waals surface area contributed by atoms with Crippen LogP contribution in [0.3, 0.4) is 0 Å². The van der Waals surface area contributed by atoms with Crippen LogP contribution in [0.1, 0.15) is 18.9 Å². The van der Waals surface area contributed by atoms with E-state index < -0.39 is 0 Å². The van der Waals surface area contributed by atoms with Crippen molar-refractivity contribution in [1.82, 2.24) is 10.9 Å². The summed E-state index contributed by atoms with van der Waals surface area (Å²) in [6, 6.07) is 9.89. The Morgan fingerprint density at radius 1 is 1.33 bits per heavy atom. The average Bonchev–Trinajstić information content (AvgIpc) is 2.29. The topological polar surface area (TPSA) is 41.1 Å². The molecule has 1 atom stereocenters. The zero-order chi connectivity index (χ0) is 11.1. The van der Waals surface area contributed by atoms with Crippen LogP contribution >= 0.6 is 0 Å². The maximum absolute atomic E-state index is 11.6. The molecule has 0 heterocycles.